The van der Waals surface area contributed by atoms with Gasteiger partial charge >= 0.3 is 0 Å². The zero-order chi connectivity index (χ0) is 18.9. The molecule has 1 N–H and O–H groups in total. The van der Waals surface area contributed by atoms with Gasteiger partial charge in [-0.2, -0.15) is 0 Å². The molecule has 2 amide bonds. The van der Waals surface area contributed by atoms with Gasteiger partial charge in [0.15, 0.2) is 6.61 Å². The van der Waals surface area contributed by atoms with Crippen LogP contribution >= 0.6 is 0 Å². The van der Waals surface area contributed by atoms with Crippen molar-refractivity contribution < 1.29 is 19.1 Å². The molecule has 0 radical (unpaired) electrons. The lowest BCUT2D eigenvalue weighted by Crippen LogP contribution is -2.42. The zero-order valence-corrected chi connectivity index (χ0v) is 15.2. The van der Waals surface area contributed by atoms with E-state index in [1.165, 1.54) is 0 Å². The second kappa shape index (κ2) is 9.73. The maximum Gasteiger partial charge on any atom is 0.260 e. The molecule has 0 bridgehead atoms. The summed E-state index contributed by atoms with van der Waals surface area (Å²) in [6.07, 6.45) is 1.13. The van der Waals surface area contributed by atoms with E-state index in [0.717, 1.165) is 5.56 Å². The van der Waals surface area contributed by atoms with Gasteiger partial charge in [0.25, 0.3) is 5.91 Å². The van der Waals surface area contributed by atoms with Crippen LogP contribution < -0.4 is 10.1 Å². The van der Waals surface area contributed by atoms with Crippen LogP contribution in [0.25, 0.3) is 0 Å². The van der Waals surface area contributed by atoms with E-state index in [1.807, 2.05) is 30.3 Å². The highest BCUT2D eigenvalue weighted by molar-refractivity contribution is 5.90. The summed E-state index contributed by atoms with van der Waals surface area (Å²) in [5.74, 6) is 0.519. The molecular formula is C21H24N2O4. The van der Waals surface area contributed by atoms with Crippen molar-refractivity contribution in [3.63, 3.8) is 0 Å². The van der Waals surface area contributed by atoms with Crippen LogP contribution in [-0.2, 0) is 20.7 Å². The van der Waals surface area contributed by atoms with Crippen molar-refractivity contribution in [2.45, 2.75) is 12.8 Å². The molecule has 0 atom stereocenters. The van der Waals surface area contributed by atoms with Crippen LogP contribution in [0.5, 0.6) is 5.75 Å². The van der Waals surface area contributed by atoms with Gasteiger partial charge in [-0.1, -0.05) is 30.3 Å². The Morgan fingerprint density at radius 2 is 1.70 bits per heavy atom. The minimum absolute atomic E-state index is 0.00276. The van der Waals surface area contributed by atoms with Crippen LogP contribution in [0.4, 0.5) is 5.69 Å². The predicted octanol–water partition coefficient (Wildman–Crippen LogP) is 2.50. The van der Waals surface area contributed by atoms with Crippen LogP contribution in [0.1, 0.15) is 12.0 Å². The van der Waals surface area contributed by atoms with Gasteiger partial charge in [0.2, 0.25) is 5.91 Å². The van der Waals surface area contributed by atoms with Gasteiger partial charge in [-0.15, -0.1) is 0 Å². The molecule has 1 saturated heterocycles. The Morgan fingerprint density at radius 1 is 1.00 bits per heavy atom. The van der Waals surface area contributed by atoms with E-state index in [9.17, 15) is 9.59 Å². The topological polar surface area (TPSA) is 67.9 Å². The third-order valence-electron chi connectivity index (χ3n) is 4.35. The molecule has 0 saturated carbocycles. The van der Waals surface area contributed by atoms with E-state index in [0.29, 0.717) is 50.6 Å². The van der Waals surface area contributed by atoms with Gasteiger partial charge in [-0.05, 0) is 36.2 Å². The molecule has 3 rings (SSSR count). The molecule has 1 aliphatic rings. The number of amides is 2. The fourth-order valence-corrected chi connectivity index (χ4v) is 2.81. The molecule has 2 aromatic carbocycles. The lowest BCUT2D eigenvalue weighted by atomic mass is 10.1. The molecule has 1 aliphatic heterocycles. The highest BCUT2D eigenvalue weighted by Gasteiger charge is 2.17. The van der Waals surface area contributed by atoms with Gasteiger partial charge in [0.1, 0.15) is 5.75 Å². The summed E-state index contributed by atoms with van der Waals surface area (Å²) in [7, 11) is 0. The Bertz CT molecular complexity index is 741. The lowest BCUT2D eigenvalue weighted by molar-refractivity contribution is -0.137. The molecule has 27 heavy (non-hydrogen) atoms. The van der Waals surface area contributed by atoms with Gasteiger partial charge in [-0.25, -0.2) is 0 Å². The minimum Gasteiger partial charge on any atom is -0.484 e. The second-order valence-electron chi connectivity index (χ2n) is 6.34. The SMILES string of the molecule is O=C(CCc1ccccc1)Nc1ccc(OCC(=O)N2CCOCC2)cc1. The Hall–Kier alpha value is -2.86. The van der Waals surface area contributed by atoms with E-state index in [4.69, 9.17) is 9.47 Å². The zero-order valence-electron chi connectivity index (χ0n) is 15.2. The Labute approximate surface area is 159 Å². The molecule has 0 unspecified atom stereocenters. The molecule has 0 aliphatic carbocycles. The van der Waals surface area contributed by atoms with Gasteiger partial charge in [-0.3, -0.25) is 9.59 Å². The number of ether oxygens (including phenoxy) is 2. The van der Waals surface area contributed by atoms with Crippen LogP contribution in [0, 0.1) is 0 Å². The number of nitrogens with one attached hydrogen (secondary N) is 1. The first-order valence-electron chi connectivity index (χ1n) is 9.13. The summed E-state index contributed by atoms with van der Waals surface area (Å²) < 4.78 is 10.8. The average Bonchev–Trinajstić information content (AvgIpc) is 2.73. The normalized spacial score (nSPS) is 13.9. The maximum absolute atomic E-state index is 12.1. The largest absolute Gasteiger partial charge is 0.484 e. The van der Waals surface area contributed by atoms with Crippen molar-refractivity contribution in [1.29, 1.82) is 0 Å². The average molecular weight is 368 g/mol. The number of carbonyl (C=O) groups is 2. The number of hydrogen-bond acceptors (Lipinski definition) is 4. The second-order valence-corrected chi connectivity index (χ2v) is 6.34. The number of nitrogens with zero attached hydrogens (tertiary/aromatic N) is 1. The summed E-state index contributed by atoms with van der Waals surface area (Å²) in [4.78, 5) is 25.9. The highest BCUT2D eigenvalue weighted by Crippen LogP contribution is 2.16. The summed E-state index contributed by atoms with van der Waals surface area (Å²) >= 11 is 0. The van der Waals surface area contributed by atoms with Crippen LogP contribution in [0.15, 0.2) is 54.6 Å². The van der Waals surface area contributed by atoms with Crippen LogP contribution in [0.2, 0.25) is 0 Å². The van der Waals surface area contributed by atoms with Crippen molar-refractivity contribution in [1.82, 2.24) is 4.90 Å². The van der Waals surface area contributed by atoms with E-state index in [1.54, 1.807) is 29.2 Å². The quantitative estimate of drug-likeness (QED) is 0.815. The molecule has 6 nitrogen and oxygen atoms in total. The Morgan fingerprint density at radius 3 is 2.41 bits per heavy atom. The number of aryl methyl sites for hydroxylation is 1. The van der Waals surface area contributed by atoms with Gasteiger partial charge in [0.05, 0.1) is 13.2 Å². The number of carbonyl (C=O) groups excluding carboxylic acids is 2. The van der Waals surface area contributed by atoms with E-state index in [-0.39, 0.29) is 18.4 Å². The number of anilines is 1. The monoisotopic (exact) mass is 368 g/mol. The molecule has 2 aromatic rings. The first-order chi connectivity index (χ1) is 13.2. The first-order valence-corrected chi connectivity index (χ1v) is 9.13. The highest BCUT2D eigenvalue weighted by atomic mass is 16.5. The number of rotatable bonds is 7. The third-order valence-corrected chi connectivity index (χ3v) is 4.35. The fraction of sp³-hybridized carbons (Fsp3) is 0.333. The van der Waals surface area contributed by atoms with Crippen molar-refractivity contribution in [2.24, 2.45) is 0 Å². The summed E-state index contributed by atoms with van der Waals surface area (Å²) in [6.45, 7) is 2.36. The molecular weight excluding hydrogens is 344 g/mol. The summed E-state index contributed by atoms with van der Waals surface area (Å²) in [6, 6.07) is 17.0. The lowest BCUT2D eigenvalue weighted by Gasteiger charge is -2.26. The van der Waals surface area contributed by atoms with Gasteiger partial charge in [0, 0.05) is 25.2 Å². The fourth-order valence-electron chi connectivity index (χ4n) is 2.81. The van der Waals surface area contributed by atoms with Gasteiger partial charge < -0.3 is 19.7 Å². The van der Waals surface area contributed by atoms with Crippen molar-refractivity contribution in [3.8, 4) is 5.75 Å². The number of morpholine rings is 1. The molecule has 0 aromatic heterocycles. The van der Waals surface area contributed by atoms with Crippen molar-refractivity contribution in [2.75, 3.05) is 38.2 Å². The number of hydrogen-bond donors (Lipinski definition) is 1. The Balaban J connectivity index is 1.41. The number of benzene rings is 2. The smallest absolute Gasteiger partial charge is 0.260 e. The van der Waals surface area contributed by atoms with E-state index < -0.39 is 0 Å². The summed E-state index contributed by atoms with van der Waals surface area (Å²) in [5, 5.41) is 2.87. The molecule has 1 fully saturated rings. The van der Waals surface area contributed by atoms with E-state index in [2.05, 4.69) is 5.32 Å². The minimum atomic E-state index is -0.0448. The van der Waals surface area contributed by atoms with Crippen LogP contribution in [0.3, 0.4) is 0 Å². The van der Waals surface area contributed by atoms with Crippen LogP contribution in [-0.4, -0.2) is 49.6 Å². The molecule has 0 spiro atoms. The Kier molecular flexibility index (Phi) is 6.82. The van der Waals surface area contributed by atoms with Crippen molar-refractivity contribution >= 4 is 17.5 Å². The van der Waals surface area contributed by atoms with E-state index >= 15 is 0 Å². The predicted molar refractivity (Wildman–Crippen MR) is 103 cm³/mol. The molecule has 1 heterocycles. The molecule has 6 heteroatoms. The van der Waals surface area contributed by atoms with Crippen molar-refractivity contribution in [3.05, 3.63) is 60.2 Å². The summed E-state index contributed by atoms with van der Waals surface area (Å²) in [5.41, 5.74) is 1.85. The molecule has 142 valence electrons. The first kappa shape index (κ1) is 18.9. The third kappa shape index (κ3) is 6.11. The maximum atomic E-state index is 12.1. The standard InChI is InChI=1S/C21H24N2O4/c24-20(11-6-17-4-2-1-3-5-17)22-18-7-9-19(10-8-18)27-16-21(25)23-12-14-26-15-13-23/h1-5,7-10H,6,11-16H2,(H,22,24).